The molecule has 2 saturated carbocycles. The SMILES string of the molecule is COc1ccc(CCC2(C(=O)O)CC3CCC2C3)cc1. The summed E-state index contributed by atoms with van der Waals surface area (Å²) in [7, 11) is 1.66. The molecule has 0 saturated heterocycles. The number of fused-ring (bicyclic) bond motifs is 2. The molecule has 0 heterocycles. The van der Waals surface area contributed by atoms with Gasteiger partial charge in [-0.1, -0.05) is 18.6 Å². The van der Waals surface area contributed by atoms with Crippen LogP contribution in [0.25, 0.3) is 0 Å². The van der Waals surface area contributed by atoms with Gasteiger partial charge in [-0.25, -0.2) is 0 Å². The van der Waals surface area contributed by atoms with Crippen LogP contribution in [0.15, 0.2) is 24.3 Å². The van der Waals surface area contributed by atoms with E-state index in [1.54, 1.807) is 7.11 Å². The van der Waals surface area contributed by atoms with E-state index in [1.165, 1.54) is 12.0 Å². The first kappa shape index (κ1) is 13.5. The molecule has 3 heteroatoms. The third-order valence-electron chi connectivity index (χ3n) is 5.42. The Morgan fingerprint density at radius 2 is 2.10 bits per heavy atom. The smallest absolute Gasteiger partial charge is 0.309 e. The first-order chi connectivity index (χ1) is 9.64. The summed E-state index contributed by atoms with van der Waals surface area (Å²) in [5.74, 6) is 1.34. The van der Waals surface area contributed by atoms with Crippen molar-refractivity contribution >= 4 is 5.97 Å². The van der Waals surface area contributed by atoms with Gasteiger partial charge in [0, 0.05) is 0 Å². The van der Waals surface area contributed by atoms with Gasteiger partial charge in [-0.05, 0) is 61.6 Å². The summed E-state index contributed by atoms with van der Waals surface area (Å²) in [4.78, 5) is 11.8. The second-order valence-electron chi connectivity index (χ2n) is 6.39. The third-order valence-corrected chi connectivity index (χ3v) is 5.42. The Bertz CT molecular complexity index is 493. The van der Waals surface area contributed by atoms with Gasteiger partial charge >= 0.3 is 5.97 Å². The molecule has 3 rings (SSSR count). The highest BCUT2D eigenvalue weighted by atomic mass is 16.5. The fourth-order valence-corrected chi connectivity index (χ4v) is 4.28. The lowest BCUT2D eigenvalue weighted by Crippen LogP contribution is -2.37. The predicted octanol–water partition coefficient (Wildman–Crippen LogP) is 3.52. The highest BCUT2D eigenvalue weighted by Gasteiger charge is 2.55. The van der Waals surface area contributed by atoms with E-state index in [0.29, 0.717) is 11.8 Å². The number of carbonyl (C=O) groups is 1. The normalized spacial score (nSPS) is 31.4. The monoisotopic (exact) mass is 274 g/mol. The second-order valence-corrected chi connectivity index (χ2v) is 6.39. The minimum atomic E-state index is -0.571. The molecule has 0 radical (unpaired) electrons. The maximum atomic E-state index is 11.8. The molecule has 1 N–H and O–H groups in total. The van der Waals surface area contributed by atoms with Crippen LogP contribution in [0.4, 0.5) is 0 Å². The molecule has 20 heavy (non-hydrogen) atoms. The first-order valence-corrected chi connectivity index (χ1v) is 7.50. The van der Waals surface area contributed by atoms with Gasteiger partial charge in [-0.2, -0.15) is 0 Å². The molecule has 3 atom stereocenters. The maximum absolute atomic E-state index is 11.8. The number of methoxy groups -OCH3 is 1. The van der Waals surface area contributed by atoms with Gasteiger partial charge in [0.25, 0.3) is 0 Å². The number of hydrogen-bond acceptors (Lipinski definition) is 2. The molecule has 2 fully saturated rings. The Labute approximate surface area is 120 Å². The van der Waals surface area contributed by atoms with Crippen LogP contribution in [0.1, 0.15) is 37.7 Å². The van der Waals surface area contributed by atoms with Gasteiger partial charge in [-0.3, -0.25) is 4.79 Å². The van der Waals surface area contributed by atoms with Crippen molar-refractivity contribution in [2.75, 3.05) is 7.11 Å². The number of benzene rings is 1. The fraction of sp³-hybridized carbons (Fsp3) is 0.588. The summed E-state index contributed by atoms with van der Waals surface area (Å²) in [5.41, 5.74) is 0.747. The van der Waals surface area contributed by atoms with Gasteiger partial charge in [0.2, 0.25) is 0 Å². The Morgan fingerprint density at radius 3 is 2.60 bits per heavy atom. The fourth-order valence-electron chi connectivity index (χ4n) is 4.28. The van der Waals surface area contributed by atoms with Crippen molar-refractivity contribution in [2.45, 2.75) is 38.5 Å². The lowest BCUT2D eigenvalue weighted by atomic mass is 9.70. The van der Waals surface area contributed by atoms with Crippen molar-refractivity contribution in [2.24, 2.45) is 17.3 Å². The number of aryl methyl sites for hydroxylation is 1. The zero-order valence-electron chi connectivity index (χ0n) is 12.0. The molecule has 0 aliphatic heterocycles. The van der Waals surface area contributed by atoms with Crippen molar-refractivity contribution in [1.82, 2.24) is 0 Å². The van der Waals surface area contributed by atoms with Crippen LogP contribution in [-0.4, -0.2) is 18.2 Å². The summed E-state index contributed by atoms with van der Waals surface area (Å²) in [5, 5.41) is 9.73. The Kier molecular flexibility index (Phi) is 3.45. The molecular weight excluding hydrogens is 252 g/mol. The standard InChI is InChI=1S/C17H22O3/c1-20-15-6-3-12(4-7-15)8-9-17(16(18)19)11-13-2-5-14(17)10-13/h3-4,6-7,13-14H,2,5,8-11H2,1H3,(H,18,19). The summed E-state index contributed by atoms with van der Waals surface area (Å²) in [6.45, 7) is 0. The predicted molar refractivity (Wildman–Crippen MR) is 76.8 cm³/mol. The highest BCUT2D eigenvalue weighted by molar-refractivity contribution is 5.76. The van der Waals surface area contributed by atoms with Crippen LogP contribution >= 0.6 is 0 Å². The summed E-state index contributed by atoms with van der Waals surface area (Å²) >= 11 is 0. The highest BCUT2D eigenvalue weighted by Crippen LogP contribution is 2.58. The van der Waals surface area contributed by atoms with Gasteiger partial charge in [0.15, 0.2) is 0 Å². The maximum Gasteiger partial charge on any atom is 0.309 e. The van der Waals surface area contributed by atoms with Gasteiger partial charge in [0.05, 0.1) is 12.5 Å². The van der Waals surface area contributed by atoms with Crippen LogP contribution in [-0.2, 0) is 11.2 Å². The molecule has 1 aromatic rings. The van der Waals surface area contributed by atoms with E-state index in [4.69, 9.17) is 4.74 Å². The van der Waals surface area contributed by atoms with Crippen LogP contribution in [0.3, 0.4) is 0 Å². The summed E-state index contributed by atoms with van der Waals surface area (Å²) < 4.78 is 5.15. The van der Waals surface area contributed by atoms with Crippen molar-refractivity contribution < 1.29 is 14.6 Å². The molecule has 0 spiro atoms. The van der Waals surface area contributed by atoms with E-state index in [9.17, 15) is 9.90 Å². The van der Waals surface area contributed by atoms with Crippen LogP contribution < -0.4 is 4.74 Å². The van der Waals surface area contributed by atoms with E-state index < -0.39 is 11.4 Å². The number of hydrogen-bond donors (Lipinski definition) is 1. The van der Waals surface area contributed by atoms with E-state index >= 15 is 0 Å². The summed E-state index contributed by atoms with van der Waals surface area (Å²) in [6.07, 6.45) is 6.00. The van der Waals surface area contributed by atoms with E-state index in [-0.39, 0.29) is 0 Å². The molecule has 0 amide bonds. The van der Waals surface area contributed by atoms with Crippen LogP contribution in [0, 0.1) is 17.3 Å². The molecule has 108 valence electrons. The Hall–Kier alpha value is -1.51. The second kappa shape index (κ2) is 5.12. The molecular formula is C17H22O3. The number of carboxylic acids is 1. The van der Waals surface area contributed by atoms with E-state index in [1.807, 2.05) is 24.3 Å². The molecule has 1 aromatic carbocycles. The Balaban J connectivity index is 1.70. The van der Waals surface area contributed by atoms with E-state index in [0.717, 1.165) is 37.9 Å². The Morgan fingerprint density at radius 1 is 1.35 bits per heavy atom. The molecule has 3 nitrogen and oxygen atoms in total. The number of aliphatic carboxylic acids is 1. The molecule has 3 unspecified atom stereocenters. The number of ether oxygens (including phenoxy) is 1. The zero-order chi connectivity index (χ0) is 14.2. The number of rotatable bonds is 5. The van der Waals surface area contributed by atoms with Crippen LogP contribution in [0.2, 0.25) is 0 Å². The van der Waals surface area contributed by atoms with Gasteiger partial charge in [0.1, 0.15) is 5.75 Å². The molecule has 2 aliphatic carbocycles. The van der Waals surface area contributed by atoms with Crippen molar-refractivity contribution in [3.8, 4) is 5.75 Å². The van der Waals surface area contributed by atoms with Crippen molar-refractivity contribution in [1.29, 1.82) is 0 Å². The molecule has 2 bridgehead atoms. The average Bonchev–Trinajstić information content (AvgIpc) is 3.07. The lowest BCUT2D eigenvalue weighted by molar-refractivity contribution is -0.153. The largest absolute Gasteiger partial charge is 0.497 e. The van der Waals surface area contributed by atoms with Crippen molar-refractivity contribution in [3.63, 3.8) is 0 Å². The minimum absolute atomic E-state index is 0.406. The lowest BCUT2D eigenvalue weighted by Gasteiger charge is -2.33. The zero-order valence-corrected chi connectivity index (χ0v) is 12.0. The quantitative estimate of drug-likeness (QED) is 0.893. The van der Waals surface area contributed by atoms with Gasteiger partial charge < -0.3 is 9.84 Å². The summed E-state index contributed by atoms with van der Waals surface area (Å²) in [6, 6.07) is 7.98. The molecule has 0 aromatic heterocycles. The van der Waals surface area contributed by atoms with Gasteiger partial charge in [-0.15, -0.1) is 0 Å². The third kappa shape index (κ3) is 2.19. The van der Waals surface area contributed by atoms with Crippen molar-refractivity contribution in [3.05, 3.63) is 29.8 Å². The first-order valence-electron chi connectivity index (χ1n) is 7.50. The number of carboxylic acid groups (broad SMARTS) is 1. The average molecular weight is 274 g/mol. The minimum Gasteiger partial charge on any atom is -0.497 e. The molecule has 2 aliphatic rings. The van der Waals surface area contributed by atoms with E-state index in [2.05, 4.69) is 0 Å². The topological polar surface area (TPSA) is 46.5 Å². The van der Waals surface area contributed by atoms with Crippen LogP contribution in [0.5, 0.6) is 5.75 Å².